The number of hydrogen-bond acceptors (Lipinski definition) is 8. The average Bonchev–Trinajstić information content (AvgIpc) is 3.21. The molecule has 0 atom stereocenters. The molecule has 0 aliphatic heterocycles. The van der Waals surface area contributed by atoms with Crippen LogP contribution in [0.15, 0.2) is 53.4 Å². The van der Waals surface area contributed by atoms with Crippen LogP contribution in [0, 0.1) is 28.3 Å². The Kier molecular flexibility index (Phi) is 8.17. The van der Waals surface area contributed by atoms with Crippen LogP contribution in [0.2, 0.25) is 0 Å². The van der Waals surface area contributed by atoms with E-state index in [2.05, 4.69) is 52.4 Å². The van der Waals surface area contributed by atoms with Gasteiger partial charge in [0, 0.05) is 24.2 Å². The zero-order chi connectivity index (χ0) is 29.0. The van der Waals surface area contributed by atoms with Gasteiger partial charge in [-0.25, -0.2) is 19.3 Å². The van der Waals surface area contributed by atoms with E-state index in [1.54, 1.807) is 31.3 Å². The van der Waals surface area contributed by atoms with E-state index in [0.29, 0.717) is 43.6 Å². The van der Waals surface area contributed by atoms with Crippen LogP contribution in [0.4, 0.5) is 27.5 Å². The van der Waals surface area contributed by atoms with Gasteiger partial charge in [0.25, 0.3) is 5.82 Å². The van der Waals surface area contributed by atoms with Crippen LogP contribution in [0.25, 0.3) is 10.9 Å². The van der Waals surface area contributed by atoms with Crippen molar-refractivity contribution in [2.24, 2.45) is 7.05 Å². The highest BCUT2D eigenvalue weighted by molar-refractivity contribution is 9.10. The third kappa shape index (κ3) is 6.45. The van der Waals surface area contributed by atoms with Gasteiger partial charge < -0.3 is 25.2 Å². The number of benzene rings is 1. The molecule has 0 saturated carbocycles. The fourth-order valence-electron chi connectivity index (χ4n) is 3.89. The van der Waals surface area contributed by atoms with Crippen molar-refractivity contribution in [1.82, 2.24) is 24.5 Å². The number of carbonyl (C=O) groups excluding carboxylic acids is 1. The van der Waals surface area contributed by atoms with Gasteiger partial charge in [0.05, 0.1) is 36.8 Å². The van der Waals surface area contributed by atoms with Crippen LogP contribution in [-0.4, -0.2) is 60.5 Å². The smallest absolute Gasteiger partial charge is 0.358 e. The Balaban J connectivity index is 1.45. The lowest BCUT2D eigenvalue weighted by Gasteiger charge is -2.28. The Labute approximate surface area is 236 Å². The van der Waals surface area contributed by atoms with E-state index >= 15 is 0 Å². The second-order valence-corrected chi connectivity index (χ2v) is 10.3. The first-order valence-corrected chi connectivity index (χ1v) is 12.6. The van der Waals surface area contributed by atoms with Crippen molar-refractivity contribution >= 4 is 55.9 Å². The summed E-state index contributed by atoms with van der Waals surface area (Å²) in [5, 5.41) is 17.9. The fourth-order valence-corrected chi connectivity index (χ4v) is 4.27. The van der Waals surface area contributed by atoms with Crippen LogP contribution in [0.1, 0.15) is 11.5 Å². The summed E-state index contributed by atoms with van der Waals surface area (Å²) in [5.41, 5.74) is 1.54. The number of likely N-dealkylation sites (N-methyl/N-ethyl adjacent to an activating group) is 1. The molecule has 0 bridgehead atoms. The number of nitro groups is 1. The normalized spacial score (nSPS) is 11.5. The summed E-state index contributed by atoms with van der Waals surface area (Å²) < 4.78 is 15.7. The van der Waals surface area contributed by atoms with E-state index in [1.165, 1.54) is 29.2 Å². The second kappa shape index (κ2) is 11.6. The molecule has 0 spiro atoms. The molecule has 204 valence electrons. The third-order valence-electron chi connectivity index (χ3n) is 5.90. The van der Waals surface area contributed by atoms with Gasteiger partial charge in [0.15, 0.2) is 5.69 Å². The zero-order valence-electron chi connectivity index (χ0n) is 21.7. The number of nitrogens with zero attached hydrogens (tertiary/aromatic N) is 7. The standard InChI is InChI=1S/C26H23BrFN9O3/c1-5-23-34-26(36(39)40)21(35(23)2)14-37(3,4)10-6-7-24(38)33-22-12-17-20(13-29-22)30-15-31-25(17)32-16-8-9-19(28)18(27)11-16/h1,6-9,11-13,15H,10,14H2,2-4H3,(H-,29,30,31,32,33,38)/p+1/b7-6+. The lowest BCUT2D eigenvalue weighted by atomic mass is 10.2. The summed E-state index contributed by atoms with van der Waals surface area (Å²) >= 11 is 3.16. The first-order chi connectivity index (χ1) is 19.0. The molecule has 0 unspecified atom stereocenters. The molecule has 4 aromatic rings. The topological polar surface area (TPSA) is 141 Å². The van der Waals surface area contributed by atoms with Crippen molar-refractivity contribution in [3.8, 4) is 12.3 Å². The van der Waals surface area contributed by atoms with Crippen molar-refractivity contribution in [3.63, 3.8) is 0 Å². The molecular weight excluding hydrogens is 585 g/mol. The number of nitrogens with one attached hydrogen (secondary N) is 2. The number of carbonyl (C=O) groups is 1. The molecule has 1 aromatic carbocycles. The molecular formula is C26H24BrFN9O3+. The number of hydrogen-bond donors (Lipinski definition) is 2. The molecule has 0 fully saturated rings. The number of pyridine rings is 1. The minimum Gasteiger partial charge on any atom is -0.358 e. The molecule has 12 nitrogen and oxygen atoms in total. The van der Waals surface area contributed by atoms with Gasteiger partial charge in [-0.05, 0) is 62.1 Å². The summed E-state index contributed by atoms with van der Waals surface area (Å²) in [4.78, 5) is 40.1. The van der Waals surface area contributed by atoms with Crippen LogP contribution in [0.3, 0.4) is 0 Å². The molecule has 0 aliphatic carbocycles. The van der Waals surface area contributed by atoms with Gasteiger partial charge in [-0.3, -0.25) is 9.36 Å². The summed E-state index contributed by atoms with van der Waals surface area (Å²) in [5.74, 6) is 2.17. The van der Waals surface area contributed by atoms with Gasteiger partial charge in [0.2, 0.25) is 5.91 Å². The minimum atomic E-state index is -0.555. The van der Waals surface area contributed by atoms with E-state index in [0.717, 1.165) is 0 Å². The third-order valence-corrected chi connectivity index (χ3v) is 6.50. The molecule has 4 rings (SSSR count). The predicted molar refractivity (Wildman–Crippen MR) is 151 cm³/mol. The summed E-state index contributed by atoms with van der Waals surface area (Å²) in [6.07, 6.45) is 11.3. The second-order valence-electron chi connectivity index (χ2n) is 9.40. The average molecular weight is 609 g/mol. The first kappa shape index (κ1) is 28.3. The number of imidazole rings is 1. The number of aromatic nitrogens is 5. The van der Waals surface area contributed by atoms with Crippen LogP contribution in [-0.2, 0) is 18.4 Å². The lowest BCUT2D eigenvalue weighted by molar-refractivity contribution is -0.898. The maximum absolute atomic E-state index is 13.6. The van der Waals surface area contributed by atoms with Gasteiger partial charge in [-0.15, -0.1) is 6.42 Å². The number of quaternary nitrogens is 1. The Morgan fingerprint density at radius 3 is 2.77 bits per heavy atom. The fraction of sp³-hybridized carbons (Fsp3) is 0.192. The van der Waals surface area contributed by atoms with E-state index in [4.69, 9.17) is 6.42 Å². The zero-order valence-corrected chi connectivity index (χ0v) is 23.3. The van der Waals surface area contributed by atoms with E-state index in [1.807, 2.05) is 14.1 Å². The molecule has 1 amide bonds. The molecule has 2 N–H and O–H groups in total. The minimum absolute atomic E-state index is 0.175. The molecule has 0 saturated heterocycles. The number of fused-ring (bicyclic) bond motifs is 1. The SMILES string of the molecule is C#Cc1nc([N+](=O)[O-])c(C[N+](C)(C)C/C=C/C(=O)Nc2cc3c(Nc4ccc(F)c(Br)c4)ncnc3cn2)n1C. The van der Waals surface area contributed by atoms with Gasteiger partial charge >= 0.3 is 5.82 Å². The van der Waals surface area contributed by atoms with E-state index < -0.39 is 10.8 Å². The lowest BCUT2D eigenvalue weighted by Crippen LogP contribution is -2.39. The maximum atomic E-state index is 13.6. The Bertz CT molecular complexity index is 1690. The van der Waals surface area contributed by atoms with E-state index in [-0.39, 0.29) is 29.8 Å². The quantitative estimate of drug-likeness (QED) is 0.0952. The molecule has 3 aromatic heterocycles. The van der Waals surface area contributed by atoms with Crippen LogP contribution in [0.5, 0.6) is 0 Å². The molecule has 0 aliphatic rings. The largest absolute Gasteiger partial charge is 0.392 e. The number of rotatable bonds is 9. The van der Waals surface area contributed by atoms with Crippen molar-refractivity contribution in [3.05, 3.63) is 80.9 Å². The summed E-state index contributed by atoms with van der Waals surface area (Å²) in [7, 11) is 5.37. The monoisotopic (exact) mass is 608 g/mol. The summed E-state index contributed by atoms with van der Waals surface area (Å²) in [6, 6.07) is 6.11. The number of anilines is 3. The highest BCUT2D eigenvalue weighted by Gasteiger charge is 2.30. The Morgan fingerprint density at radius 2 is 2.08 bits per heavy atom. The molecule has 40 heavy (non-hydrogen) atoms. The van der Waals surface area contributed by atoms with Crippen molar-refractivity contribution in [2.75, 3.05) is 31.3 Å². The molecule has 14 heteroatoms. The van der Waals surface area contributed by atoms with E-state index in [9.17, 15) is 19.3 Å². The first-order valence-electron chi connectivity index (χ1n) is 11.8. The highest BCUT2D eigenvalue weighted by Crippen LogP contribution is 2.27. The predicted octanol–water partition coefficient (Wildman–Crippen LogP) is 4.06. The van der Waals surface area contributed by atoms with Crippen LogP contribution < -0.4 is 10.6 Å². The molecule has 3 heterocycles. The Morgan fingerprint density at radius 1 is 1.30 bits per heavy atom. The molecule has 0 radical (unpaired) electrons. The number of terminal acetylenes is 1. The number of halogens is 2. The van der Waals surface area contributed by atoms with Crippen molar-refractivity contribution < 1.29 is 18.6 Å². The summed E-state index contributed by atoms with van der Waals surface area (Å²) in [6.45, 7) is 0.654. The van der Waals surface area contributed by atoms with Gasteiger partial charge in [0.1, 0.15) is 30.3 Å². The van der Waals surface area contributed by atoms with Gasteiger partial charge in [-0.2, -0.15) is 0 Å². The van der Waals surface area contributed by atoms with Crippen molar-refractivity contribution in [2.45, 2.75) is 6.54 Å². The van der Waals surface area contributed by atoms with Crippen molar-refractivity contribution in [1.29, 1.82) is 0 Å². The van der Waals surface area contributed by atoms with Crippen LogP contribution >= 0.6 is 15.9 Å². The Hall–Kier alpha value is -4.74. The maximum Gasteiger partial charge on any atom is 0.392 e. The van der Waals surface area contributed by atoms with Gasteiger partial charge in [-0.1, -0.05) is 0 Å². The highest BCUT2D eigenvalue weighted by atomic mass is 79.9. The number of amides is 1.